The Labute approximate surface area is 175 Å². The Balaban J connectivity index is 1.80. The molecular formula is C23H33N3O2S. The summed E-state index contributed by atoms with van der Waals surface area (Å²) >= 11 is 0. The molecule has 2 fully saturated rings. The van der Waals surface area contributed by atoms with Crippen molar-refractivity contribution in [1.82, 2.24) is 14.1 Å². The molecule has 0 unspecified atom stereocenters. The van der Waals surface area contributed by atoms with E-state index in [1.54, 1.807) is 4.31 Å². The van der Waals surface area contributed by atoms with Crippen LogP contribution in [0.15, 0.2) is 41.4 Å². The maximum atomic E-state index is 14.0. The van der Waals surface area contributed by atoms with Crippen molar-refractivity contribution in [2.45, 2.75) is 94.7 Å². The molecule has 4 rings (SSSR count). The van der Waals surface area contributed by atoms with E-state index < -0.39 is 10.0 Å². The number of sulfonamides is 1. The molecule has 0 atom stereocenters. The van der Waals surface area contributed by atoms with E-state index in [9.17, 15) is 8.42 Å². The molecule has 5 nitrogen and oxygen atoms in total. The summed E-state index contributed by atoms with van der Waals surface area (Å²) in [7, 11) is -3.64. The van der Waals surface area contributed by atoms with Crippen LogP contribution in [0.5, 0.6) is 0 Å². The summed E-state index contributed by atoms with van der Waals surface area (Å²) < 4.78 is 31.6. The summed E-state index contributed by atoms with van der Waals surface area (Å²) in [5.74, 6) is 0. The van der Waals surface area contributed by atoms with Crippen molar-refractivity contribution >= 4 is 10.0 Å². The van der Waals surface area contributed by atoms with Crippen LogP contribution in [-0.2, 0) is 10.0 Å². The van der Waals surface area contributed by atoms with Gasteiger partial charge in [-0.05, 0) is 39.5 Å². The van der Waals surface area contributed by atoms with E-state index in [-0.39, 0.29) is 12.1 Å². The van der Waals surface area contributed by atoms with Crippen LogP contribution < -0.4 is 0 Å². The van der Waals surface area contributed by atoms with Crippen molar-refractivity contribution in [2.75, 3.05) is 0 Å². The van der Waals surface area contributed by atoms with Gasteiger partial charge in [-0.15, -0.1) is 0 Å². The van der Waals surface area contributed by atoms with Crippen LogP contribution in [0.25, 0.3) is 11.3 Å². The van der Waals surface area contributed by atoms with Gasteiger partial charge in [0.15, 0.2) is 0 Å². The molecule has 29 heavy (non-hydrogen) atoms. The van der Waals surface area contributed by atoms with Crippen LogP contribution in [0.1, 0.15) is 77.7 Å². The summed E-state index contributed by atoms with van der Waals surface area (Å²) in [6.45, 7) is 3.99. The van der Waals surface area contributed by atoms with Gasteiger partial charge in [-0.1, -0.05) is 62.4 Å². The number of nitrogens with zero attached hydrogens (tertiary/aromatic N) is 3. The van der Waals surface area contributed by atoms with Gasteiger partial charge in [0.05, 0.1) is 6.04 Å². The van der Waals surface area contributed by atoms with Crippen molar-refractivity contribution in [3.63, 3.8) is 0 Å². The highest BCUT2D eigenvalue weighted by molar-refractivity contribution is 7.89. The van der Waals surface area contributed by atoms with Gasteiger partial charge >= 0.3 is 0 Å². The van der Waals surface area contributed by atoms with Gasteiger partial charge in [0, 0.05) is 23.8 Å². The van der Waals surface area contributed by atoms with E-state index in [1.165, 1.54) is 19.3 Å². The zero-order chi connectivity index (χ0) is 20.4. The van der Waals surface area contributed by atoms with E-state index in [4.69, 9.17) is 5.10 Å². The average molecular weight is 416 g/mol. The summed E-state index contributed by atoms with van der Waals surface area (Å²) in [6.07, 6.45) is 11.7. The molecule has 0 bridgehead atoms. The molecule has 2 aromatic rings. The normalized spacial score (nSPS) is 19.4. The number of rotatable bonds is 6. The van der Waals surface area contributed by atoms with Crippen LogP contribution in [0.3, 0.4) is 0 Å². The van der Waals surface area contributed by atoms with Gasteiger partial charge in [-0.2, -0.15) is 9.40 Å². The molecule has 2 saturated carbocycles. The van der Waals surface area contributed by atoms with Crippen molar-refractivity contribution in [1.29, 1.82) is 0 Å². The molecule has 1 aromatic heterocycles. The number of benzene rings is 1. The number of hydrogen-bond acceptors (Lipinski definition) is 3. The predicted molar refractivity (Wildman–Crippen MR) is 116 cm³/mol. The first-order chi connectivity index (χ1) is 14.0. The highest BCUT2D eigenvalue weighted by atomic mass is 32.2. The Morgan fingerprint density at radius 3 is 2.21 bits per heavy atom. The van der Waals surface area contributed by atoms with Gasteiger partial charge in [-0.3, -0.25) is 4.68 Å². The predicted octanol–water partition coefficient (Wildman–Crippen LogP) is 5.40. The summed E-state index contributed by atoms with van der Waals surface area (Å²) in [5.41, 5.74) is 1.47. The fourth-order valence-electron chi connectivity index (χ4n) is 5.06. The van der Waals surface area contributed by atoms with Gasteiger partial charge < -0.3 is 0 Å². The van der Waals surface area contributed by atoms with Gasteiger partial charge in [-0.25, -0.2) is 8.42 Å². The highest BCUT2D eigenvalue weighted by Gasteiger charge is 2.37. The molecule has 1 aromatic carbocycles. The zero-order valence-electron chi connectivity index (χ0n) is 17.6. The lowest BCUT2D eigenvalue weighted by Crippen LogP contribution is -2.45. The molecular weight excluding hydrogens is 382 g/mol. The molecule has 158 valence electrons. The van der Waals surface area contributed by atoms with Crippen LogP contribution in [0.4, 0.5) is 0 Å². The lowest BCUT2D eigenvalue weighted by molar-refractivity contribution is 0.220. The second-order valence-electron chi connectivity index (χ2n) is 8.85. The van der Waals surface area contributed by atoms with Crippen LogP contribution in [-0.4, -0.2) is 34.6 Å². The zero-order valence-corrected chi connectivity index (χ0v) is 18.4. The van der Waals surface area contributed by atoms with Gasteiger partial charge in [0.2, 0.25) is 10.0 Å². The number of aromatic nitrogens is 2. The van der Waals surface area contributed by atoms with Crippen molar-refractivity contribution in [3.8, 4) is 11.3 Å². The third-order valence-electron chi connectivity index (χ3n) is 6.44. The Hall–Kier alpha value is -1.66. The first-order valence-corrected chi connectivity index (χ1v) is 12.6. The standard InChI is InChI=1S/C23H33N3O2S/c1-18(2)26(21-15-7-4-8-16-21)29(27,28)22-17-25(20-13-9-10-14-20)24-23(22)19-11-5-3-6-12-19/h3,5-6,11-12,17-18,20-21H,4,7-10,13-16H2,1-2H3. The van der Waals surface area contributed by atoms with Crippen molar-refractivity contribution in [3.05, 3.63) is 36.5 Å². The van der Waals surface area contributed by atoms with E-state index in [0.717, 1.165) is 44.1 Å². The van der Waals surface area contributed by atoms with Gasteiger partial charge in [0.1, 0.15) is 10.6 Å². The SMILES string of the molecule is CC(C)N(C1CCCCC1)S(=O)(=O)c1cn(C2CCCC2)nc1-c1ccccc1. The molecule has 0 saturated heterocycles. The largest absolute Gasteiger partial charge is 0.268 e. The maximum absolute atomic E-state index is 14.0. The maximum Gasteiger partial charge on any atom is 0.247 e. The summed E-state index contributed by atoms with van der Waals surface area (Å²) in [4.78, 5) is 0.370. The molecule has 0 aliphatic heterocycles. The van der Waals surface area contributed by atoms with Gasteiger partial charge in [0.25, 0.3) is 0 Å². The molecule has 1 heterocycles. The Kier molecular flexibility index (Phi) is 6.11. The Bertz CT molecular complexity index is 909. The summed E-state index contributed by atoms with van der Waals surface area (Å²) in [5, 5.41) is 4.83. The van der Waals surface area contributed by atoms with E-state index in [2.05, 4.69) is 0 Å². The second kappa shape index (κ2) is 8.60. The number of hydrogen-bond donors (Lipinski definition) is 0. The smallest absolute Gasteiger partial charge is 0.247 e. The lowest BCUT2D eigenvalue weighted by Gasteiger charge is -2.36. The second-order valence-corrected chi connectivity index (χ2v) is 10.7. The van der Waals surface area contributed by atoms with Crippen molar-refractivity contribution < 1.29 is 8.42 Å². The Morgan fingerprint density at radius 2 is 1.59 bits per heavy atom. The third kappa shape index (κ3) is 4.15. The molecule has 6 heteroatoms. The summed E-state index contributed by atoms with van der Waals surface area (Å²) in [6, 6.07) is 10.1. The molecule has 0 N–H and O–H groups in total. The fraction of sp³-hybridized carbons (Fsp3) is 0.609. The third-order valence-corrected chi connectivity index (χ3v) is 8.57. The van der Waals surface area contributed by atoms with E-state index in [0.29, 0.717) is 16.6 Å². The lowest BCUT2D eigenvalue weighted by atomic mass is 9.95. The minimum atomic E-state index is -3.64. The first kappa shape index (κ1) is 20.6. The molecule has 2 aliphatic carbocycles. The van der Waals surface area contributed by atoms with E-state index >= 15 is 0 Å². The molecule has 2 aliphatic rings. The average Bonchev–Trinajstić information content (AvgIpc) is 3.39. The van der Waals surface area contributed by atoms with Crippen LogP contribution in [0.2, 0.25) is 0 Å². The minimum Gasteiger partial charge on any atom is -0.268 e. The molecule has 0 spiro atoms. The van der Waals surface area contributed by atoms with Crippen molar-refractivity contribution in [2.24, 2.45) is 0 Å². The minimum absolute atomic E-state index is 0.0680. The Morgan fingerprint density at radius 1 is 0.966 bits per heavy atom. The quantitative estimate of drug-likeness (QED) is 0.635. The first-order valence-electron chi connectivity index (χ1n) is 11.2. The highest BCUT2D eigenvalue weighted by Crippen LogP contribution is 2.36. The monoisotopic (exact) mass is 415 g/mol. The molecule has 0 amide bonds. The topological polar surface area (TPSA) is 55.2 Å². The fourth-order valence-corrected chi connectivity index (χ4v) is 7.09. The van der Waals surface area contributed by atoms with E-state index in [1.807, 2.05) is 55.1 Å². The van der Waals surface area contributed by atoms with Crippen LogP contribution >= 0.6 is 0 Å². The molecule has 0 radical (unpaired) electrons. The van der Waals surface area contributed by atoms with Crippen LogP contribution in [0, 0.1) is 0 Å².